The second kappa shape index (κ2) is 6.54. The predicted octanol–water partition coefficient (Wildman–Crippen LogP) is 2.27. The van der Waals surface area contributed by atoms with Crippen LogP contribution in [0.4, 0.5) is 0 Å². The Bertz CT molecular complexity index is 478. The number of aryl methyl sites for hydroxylation is 1. The molecule has 0 aliphatic heterocycles. The summed E-state index contributed by atoms with van der Waals surface area (Å²) in [5.74, 6) is 0.142. The van der Waals surface area contributed by atoms with Gasteiger partial charge in [-0.1, -0.05) is 13.8 Å². The molecule has 5 nitrogen and oxygen atoms in total. The lowest BCUT2D eigenvalue weighted by molar-refractivity contribution is 0.407. The zero-order valence-electron chi connectivity index (χ0n) is 11.0. The molecule has 0 spiro atoms. The molecule has 0 fully saturated rings. The van der Waals surface area contributed by atoms with Crippen molar-refractivity contribution in [3.63, 3.8) is 0 Å². The van der Waals surface area contributed by atoms with Crippen LogP contribution in [0.25, 0.3) is 0 Å². The van der Waals surface area contributed by atoms with Crippen LogP contribution in [-0.2, 0) is 15.9 Å². The highest BCUT2D eigenvalue weighted by atomic mass is 35.5. The minimum absolute atomic E-state index is 0.0666. The number of hydrogen-bond acceptors (Lipinski definition) is 3. The van der Waals surface area contributed by atoms with Gasteiger partial charge in [-0.3, -0.25) is 5.10 Å². The fraction of sp³-hybridized carbons (Fsp3) is 0.727. The molecule has 0 aliphatic carbocycles. The van der Waals surface area contributed by atoms with Gasteiger partial charge in [-0.05, 0) is 19.8 Å². The molecule has 0 aliphatic rings. The SMILES string of the molecule is CCCN(CCC)S(=O)(=O)c1n[nH]c(C)c1CCl. The number of halogens is 1. The second-order valence-corrected chi connectivity index (χ2v) is 6.29. The predicted molar refractivity (Wildman–Crippen MR) is 72.2 cm³/mol. The number of alkyl halides is 1. The van der Waals surface area contributed by atoms with Gasteiger partial charge >= 0.3 is 0 Å². The summed E-state index contributed by atoms with van der Waals surface area (Å²) in [6.45, 7) is 6.69. The molecule has 0 bridgehead atoms. The first-order valence-electron chi connectivity index (χ1n) is 6.08. The summed E-state index contributed by atoms with van der Waals surface area (Å²) >= 11 is 5.80. The van der Waals surface area contributed by atoms with Gasteiger partial charge in [0.25, 0.3) is 10.0 Å². The zero-order valence-corrected chi connectivity index (χ0v) is 12.6. The van der Waals surface area contributed by atoms with Crippen LogP contribution in [0.3, 0.4) is 0 Å². The van der Waals surface area contributed by atoms with Crippen LogP contribution in [0.5, 0.6) is 0 Å². The molecule has 1 rings (SSSR count). The van der Waals surface area contributed by atoms with Crippen molar-refractivity contribution in [2.45, 2.75) is 44.5 Å². The topological polar surface area (TPSA) is 66.1 Å². The molecule has 104 valence electrons. The number of hydrogen-bond donors (Lipinski definition) is 1. The molecule has 7 heteroatoms. The molecule has 1 aromatic heterocycles. The fourth-order valence-corrected chi connectivity index (χ4v) is 3.97. The standard InChI is InChI=1S/C11H20ClN3O2S/c1-4-6-15(7-5-2)18(16,17)11-10(8-12)9(3)13-14-11/h4-8H2,1-3H3,(H,13,14). The quantitative estimate of drug-likeness (QED) is 0.784. The molecule has 1 heterocycles. The van der Waals surface area contributed by atoms with Gasteiger partial charge in [0.2, 0.25) is 0 Å². The van der Waals surface area contributed by atoms with Gasteiger partial charge in [0.05, 0.1) is 5.88 Å². The van der Waals surface area contributed by atoms with E-state index in [1.165, 1.54) is 4.31 Å². The summed E-state index contributed by atoms with van der Waals surface area (Å²) in [5, 5.41) is 6.66. The Hall–Kier alpha value is -0.590. The first-order valence-corrected chi connectivity index (χ1v) is 8.06. The van der Waals surface area contributed by atoms with Crippen molar-refractivity contribution in [1.29, 1.82) is 0 Å². The summed E-state index contributed by atoms with van der Waals surface area (Å²) in [5.41, 5.74) is 1.27. The van der Waals surface area contributed by atoms with Crippen LogP contribution in [0.15, 0.2) is 5.03 Å². The first kappa shape index (κ1) is 15.5. The highest BCUT2D eigenvalue weighted by Crippen LogP contribution is 2.22. The van der Waals surface area contributed by atoms with Crippen molar-refractivity contribution < 1.29 is 8.42 Å². The summed E-state index contributed by atoms with van der Waals surface area (Å²) in [6.07, 6.45) is 1.55. The molecular formula is C11H20ClN3O2S. The molecule has 0 saturated heterocycles. The van der Waals surface area contributed by atoms with Gasteiger partial charge in [0.15, 0.2) is 5.03 Å². The highest BCUT2D eigenvalue weighted by molar-refractivity contribution is 7.89. The number of nitrogens with one attached hydrogen (secondary N) is 1. The van der Waals surface area contributed by atoms with E-state index < -0.39 is 10.0 Å². The monoisotopic (exact) mass is 293 g/mol. The molecule has 1 N–H and O–H groups in total. The van der Waals surface area contributed by atoms with Crippen molar-refractivity contribution >= 4 is 21.6 Å². The van der Waals surface area contributed by atoms with E-state index in [0.717, 1.165) is 12.8 Å². The Morgan fingerprint density at radius 3 is 2.28 bits per heavy atom. The normalized spacial score (nSPS) is 12.3. The molecule has 0 unspecified atom stereocenters. The summed E-state index contributed by atoms with van der Waals surface area (Å²) in [4.78, 5) is 0. The third-order valence-electron chi connectivity index (χ3n) is 2.70. The Morgan fingerprint density at radius 2 is 1.83 bits per heavy atom. The molecule has 0 saturated carbocycles. The first-order chi connectivity index (χ1) is 8.48. The lowest BCUT2D eigenvalue weighted by atomic mass is 10.3. The Balaban J connectivity index is 3.17. The maximum absolute atomic E-state index is 12.5. The maximum Gasteiger partial charge on any atom is 0.262 e. The van der Waals surface area contributed by atoms with Gasteiger partial charge in [-0.2, -0.15) is 9.40 Å². The Labute approximate surface area is 114 Å². The van der Waals surface area contributed by atoms with Gasteiger partial charge in [0, 0.05) is 24.3 Å². The molecule has 0 atom stereocenters. The van der Waals surface area contributed by atoms with Crippen molar-refractivity contribution in [2.24, 2.45) is 0 Å². The minimum atomic E-state index is -3.54. The molecule has 0 aromatic carbocycles. The Kier molecular flexibility index (Phi) is 5.62. The lowest BCUT2D eigenvalue weighted by Gasteiger charge is -2.20. The second-order valence-electron chi connectivity index (χ2n) is 4.17. The van der Waals surface area contributed by atoms with Gasteiger partial charge in [0.1, 0.15) is 0 Å². The maximum atomic E-state index is 12.5. The van der Waals surface area contributed by atoms with Crippen LogP contribution in [0.1, 0.15) is 37.9 Å². The van der Waals surface area contributed by atoms with E-state index in [-0.39, 0.29) is 10.9 Å². The van der Waals surface area contributed by atoms with E-state index in [1.807, 2.05) is 13.8 Å². The molecule has 1 aromatic rings. The van der Waals surface area contributed by atoms with Crippen LogP contribution >= 0.6 is 11.6 Å². The largest absolute Gasteiger partial charge is 0.281 e. The highest BCUT2D eigenvalue weighted by Gasteiger charge is 2.29. The van der Waals surface area contributed by atoms with E-state index in [2.05, 4.69) is 10.2 Å². The average molecular weight is 294 g/mol. The van der Waals surface area contributed by atoms with E-state index in [9.17, 15) is 8.42 Å². The summed E-state index contributed by atoms with van der Waals surface area (Å²) in [7, 11) is -3.54. The molecule has 0 radical (unpaired) electrons. The lowest BCUT2D eigenvalue weighted by Crippen LogP contribution is -2.33. The van der Waals surface area contributed by atoms with E-state index >= 15 is 0 Å². The van der Waals surface area contributed by atoms with E-state index in [1.54, 1.807) is 6.92 Å². The van der Waals surface area contributed by atoms with Crippen LogP contribution in [0, 0.1) is 6.92 Å². The zero-order chi connectivity index (χ0) is 13.8. The van der Waals surface area contributed by atoms with Gasteiger partial charge < -0.3 is 0 Å². The number of nitrogens with zero attached hydrogens (tertiary/aromatic N) is 2. The molecule has 18 heavy (non-hydrogen) atoms. The minimum Gasteiger partial charge on any atom is -0.281 e. The number of aromatic amines is 1. The number of rotatable bonds is 7. The van der Waals surface area contributed by atoms with Crippen molar-refractivity contribution in [1.82, 2.24) is 14.5 Å². The van der Waals surface area contributed by atoms with Gasteiger partial charge in [-0.15, -0.1) is 11.6 Å². The average Bonchev–Trinajstić information content (AvgIpc) is 2.70. The fourth-order valence-electron chi connectivity index (χ4n) is 1.77. The van der Waals surface area contributed by atoms with Crippen molar-refractivity contribution in [3.8, 4) is 0 Å². The van der Waals surface area contributed by atoms with Crippen molar-refractivity contribution in [2.75, 3.05) is 13.1 Å². The van der Waals surface area contributed by atoms with E-state index in [4.69, 9.17) is 11.6 Å². The van der Waals surface area contributed by atoms with Crippen molar-refractivity contribution in [3.05, 3.63) is 11.3 Å². The summed E-state index contributed by atoms with van der Waals surface area (Å²) in [6, 6.07) is 0. The third-order valence-corrected chi connectivity index (χ3v) is 4.84. The third kappa shape index (κ3) is 3.05. The van der Waals surface area contributed by atoms with Crippen LogP contribution in [0.2, 0.25) is 0 Å². The van der Waals surface area contributed by atoms with Crippen LogP contribution < -0.4 is 0 Å². The smallest absolute Gasteiger partial charge is 0.262 e. The number of sulfonamides is 1. The Morgan fingerprint density at radius 1 is 1.28 bits per heavy atom. The molecule has 0 amide bonds. The number of H-pyrrole nitrogens is 1. The van der Waals surface area contributed by atoms with Gasteiger partial charge in [-0.25, -0.2) is 8.42 Å². The molecular weight excluding hydrogens is 274 g/mol. The number of aromatic nitrogens is 2. The van der Waals surface area contributed by atoms with Crippen LogP contribution in [-0.4, -0.2) is 36.0 Å². The summed E-state index contributed by atoms with van der Waals surface area (Å²) < 4.78 is 26.5. The van der Waals surface area contributed by atoms with E-state index in [0.29, 0.717) is 24.3 Å².